The van der Waals surface area contributed by atoms with Gasteiger partial charge in [-0.15, -0.1) is 0 Å². The molecule has 0 atom stereocenters. The second-order valence-electron chi connectivity index (χ2n) is 5.26. The Morgan fingerprint density at radius 3 is 1.17 bits per heavy atom. The molecule has 0 unspecified atom stereocenters. The van der Waals surface area contributed by atoms with E-state index in [1.165, 1.54) is 0 Å². The van der Waals surface area contributed by atoms with Crippen LogP contribution in [-0.4, -0.2) is 39.7 Å². The topological polar surface area (TPSA) is 0 Å². The zero-order chi connectivity index (χ0) is 23.3. The third-order valence-electron chi connectivity index (χ3n) is 3.25. The Bertz CT molecular complexity index is 707. The van der Waals surface area contributed by atoms with Crippen LogP contribution in [0.1, 0.15) is 0 Å². The maximum Gasteiger partial charge on any atom is 0.516 e. The Morgan fingerprint density at radius 2 is 0.793 bits per heavy atom. The minimum Gasteiger partial charge on any atom is -0.192 e. The van der Waals surface area contributed by atoms with Gasteiger partial charge in [0.05, 0.1) is 0 Å². The van der Waals surface area contributed by atoms with Crippen molar-refractivity contribution in [2.45, 2.75) is 39.7 Å². The summed E-state index contributed by atoms with van der Waals surface area (Å²) < 4.78 is 188. The van der Waals surface area contributed by atoms with Crippen molar-refractivity contribution < 1.29 is 87.1 Å². The fourth-order valence-electron chi connectivity index (χ4n) is 1.62. The van der Waals surface area contributed by atoms with Crippen LogP contribution >= 0.6 is 0 Å². The number of hydrogen-bond acceptors (Lipinski definition) is 0. The van der Waals surface area contributed by atoms with E-state index in [9.17, 15) is 65.9 Å². The van der Waals surface area contributed by atoms with Gasteiger partial charge in [0, 0.05) is 0 Å². The van der Waals surface area contributed by atoms with Crippen LogP contribution in [0.4, 0.5) is 65.9 Å². The second kappa shape index (κ2) is 7.25. The fraction of sp³-hybridized carbons (Fsp3) is 0.538. The number of rotatable bonds is 7. The van der Waals surface area contributed by atoms with Gasteiger partial charge in [0.2, 0.25) is 0 Å². The number of hydrogen-bond donors (Lipinski definition) is 0. The molecule has 0 aromatic heterocycles. The highest BCUT2D eigenvalue weighted by molar-refractivity contribution is 5.11. The van der Waals surface area contributed by atoms with Crippen molar-refractivity contribution in [1.29, 1.82) is 0 Å². The summed E-state index contributed by atoms with van der Waals surface area (Å²) in [6, 6.07) is 4.36. The van der Waals surface area contributed by atoms with Gasteiger partial charge in [-0.25, -0.2) is 0 Å². The van der Waals surface area contributed by atoms with Crippen molar-refractivity contribution in [2.24, 2.45) is 0 Å². The third kappa shape index (κ3) is 3.84. The number of halogens is 16. The predicted molar refractivity (Wildman–Crippen MR) is 60.9 cm³/mol. The Morgan fingerprint density at radius 1 is 0.448 bits per heavy atom. The first kappa shape index (κ1) is 25.9. The van der Waals surface area contributed by atoms with E-state index in [0.717, 1.165) is 18.2 Å². The lowest BCUT2D eigenvalue weighted by Crippen LogP contribution is -3.68. The van der Waals surface area contributed by atoms with Crippen molar-refractivity contribution in [1.82, 2.24) is 0 Å². The van der Waals surface area contributed by atoms with Crippen molar-refractivity contribution in [3.05, 3.63) is 33.9 Å². The molecule has 168 valence electrons. The summed E-state index contributed by atoms with van der Waals surface area (Å²) in [6.45, 7) is 0. The molecule has 0 saturated carbocycles. The van der Waals surface area contributed by atoms with E-state index in [1.807, 2.05) is 0 Å². The van der Waals surface area contributed by atoms with Crippen molar-refractivity contribution in [2.75, 3.05) is 0 Å². The summed E-state index contributed by atoms with van der Waals surface area (Å²) in [4.78, 5) is 0. The number of benzene rings is 1. The van der Waals surface area contributed by atoms with Crippen LogP contribution in [0.5, 0.6) is 0 Å². The highest BCUT2D eigenvalue weighted by Crippen LogP contribution is 2.61. The second-order valence-corrected chi connectivity index (χ2v) is 8.40. The lowest BCUT2D eigenvalue weighted by atomic mass is 9.94. The Hall–Kier alpha value is -1.10. The van der Waals surface area contributed by atoms with Crippen LogP contribution in [-0.2, 0) is 0 Å². The molecule has 1 aromatic rings. The van der Waals surface area contributed by atoms with Crippen molar-refractivity contribution >= 4 is 0 Å². The minimum absolute atomic E-state index is 0.667. The van der Waals surface area contributed by atoms with Gasteiger partial charge in [-0.1, -0.05) is 18.2 Å². The quantitative estimate of drug-likeness (QED) is 0.267. The molecule has 0 amide bonds. The molecule has 0 N–H and O–H groups in total. The van der Waals surface area contributed by atoms with Crippen LogP contribution in [0.25, 0.3) is 0 Å². The summed E-state index contributed by atoms with van der Waals surface area (Å²) in [7, 11) is 0. The first-order valence-corrected chi connectivity index (χ1v) is 8.78. The largest absolute Gasteiger partial charge is 0.516 e. The van der Waals surface area contributed by atoms with Gasteiger partial charge < -0.3 is 0 Å². The maximum absolute atomic E-state index is 13.7. The first-order valence-electron chi connectivity index (χ1n) is 6.62. The molecule has 0 aliphatic heterocycles. The molecular weight excluding hydrogens is 568 g/mol. The van der Waals surface area contributed by atoms with Crippen molar-refractivity contribution in [3.8, 4) is 0 Å². The SMILES string of the molecule is FC(F)(F)C(F)(F)C(F)(F)C(F)(F)C(F)(F)C(F)(F)C(F)(F)[I+]c1ccccc1. The Kier molecular flexibility index (Phi) is 6.48. The van der Waals surface area contributed by atoms with Gasteiger partial charge in [0.25, 0.3) is 0 Å². The average Bonchev–Trinajstić information content (AvgIpc) is 2.53. The van der Waals surface area contributed by atoms with E-state index in [2.05, 4.69) is 0 Å². The van der Waals surface area contributed by atoms with Gasteiger partial charge in [-0.05, 0) is 12.1 Å². The fourth-order valence-corrected chi connectivity index (χ4v) is 3.86. The van der Waals surface area contributed by atoms with Crippen LogP contribution in [0.3, 0.4) is 0 Å². The minimum atomic E-state index is -8.23. The molecule has 0 nitrogen and oxygen atoms in total. The predicted octanol–water partition coefficient (Wildman–Crippen LogP) is 3.28. The smallest absolute Gasteiger partial charge is 0.192 e. The zero-order valence-electron chi connectivity index (χ0n) is 12.9. The molecule has 0 aliphatic carbocycles. The Labute approximate surface area is 161 Å². The molecule has 0 heterocycles. The number of alkyl halides is 16. The van der Waals surface area contributed by atoms with E-state index in [4.69, 9.17) is 0 Å². The molecule has 0 spiro atoms. The van der Waals surface area contributed by atoms with Gasteiger partial charge >= 0.3 is 60.9 Å². The van der Waals surface area contributed by atoms with E-state index >= 15 is 0 Å². The molecule has 0 radical (unpaired) electrons. The van der Waals surface area contributed by atoms with Crippen LogP contribution < -0.4 is 21.2 Å². The molecular formula is C13H5F15I+. The highest BCUT2D eigenvalue weighted by Gasteiger charge is 2.95. The molecule has 0 bridgehead atoms. The third-order valence-corrected chi connectivity index (χ3v) is 5.95. The summed E-state index contributed by atoms with van der Waals surface area (Å²) in [6.07, 6.45) is -7.59. The van der Waals surface area contributed by atoms with Crippen LogP contribution in [0.2, 0.25) is 0 Å². The van der Waals surface area contributed by atoms with Crippen LogP contribution in [0.15, 0.2) is 30.3 Å². The molecule has 0 aliphatic rings. The standard InChI is InChI=1S/C13H5F15I/c14-7(15,8(16,17)10(20,21)12(24,25)26)9(18,19)11(22,23)13(27,28)29-6-4-2-1-3-5-6/h1-5H/q+1. The summed E-state index contributed by atoms with van der Waals surface area (Å²) >= 11 is -3.66. The zero-order valence-corrected chi connectivity index (χ0v) is 15.1. The summed E-state index contributed by atoms with van der Waals surface area (Å²) in [5, 5.41) is 0. The van der Waals surface area contributed by atoms with E-state index in [-0.39, 0.29) is 0 Å². The summed E-state index contributed by atoms with van der Waals surface area (Å²) in [5.74, 6) is -39.8. The van der Waals surface area contributed by atoms with Crippen LogP contribution in [0, 0.1) is 3.57 Å². The lowest BCUT2D eigenvalue weighted by molar-refractivity contribution is -0.790. The highest BCUT2D eigenvalue weighted by atomic mass is 127. The van der Waals surface area contributed by atoms with Gasteiger partial charge in [-0.3, -0.25) is 0 Å². The normalized spacial score (nSPS) is 15.6. The van der Waals surface area contributed by atoms with Gasteiger partial charge in [0.15, 0.2) is 3.57 Å². The molecule has 29 heavy (non-hydrogen) atoms. The first-order chi connectivity index (χ1) is 12.6. The summed E-state index contributed by atoms with van der Waals surface area (Å²) in [5.41, 5.74) is 0. The van der Waals surface area contributed by atoms with E-state index in [0.29, 0.717) is 12.1 Å². The molecule has 16 heteroatoms. The average molecular weight is 573 g/mol. The molecule has 0 fully saturated rings. The monoisotopic (exact) mass is 573 g/mol. The van der Waals surface area contributed by atoms with Gasteiger partial charge in [0.1, 0.15) is 0 Å². The molecule has 1 rings (SSSR count). The van der Waals surface area contributed by atoms with Crippen molar-refractivity contribution in [3.63, 3.8) is 0 Å². The lowest BCUT2D eigenvalue weighted by Gasteiger charge is -2.39. The van der Waals surface area contributed by atoms with Gasteiger partial charge in [-0.2, -0.15) is 65.9 Å². The molecule has 0 saturated heterocycles. The Balaban J connectivity index is 3.49. The maximum atomic E-state index is 13.7. The van der Waals surface area contributed by atoms with E-state index < -0.39 is 64.5 Å². The van der Waals surface area contributed by atoms with E-state index in [1.54, 1.807) is 0 Å². The molecule has 1 aromatic carbocycles.